The molecule has 0 aliphatic rings. The highest BCUT2D eigenvalue weighted by molar-refractivity contribution is 7.93. The Kier molecular flexibility index (Phi) is 3.52. The fourth-order valence-corrected chi connectivity index (χ4v) is 3.41. The highest BCUT2D eigenvalue weighted by Gasteiger charge is 2.22. The quantitative estimate of drug-likeness (QED) is 0.857. The van der Waals surface area contributed by atoms with Crippen LogP contribution in [0.15, 0.2) is 39.6 Å². The van der Waals surface area contributed by atoms with E-state index in [1.807, 2.05) is 18.2 Å². The smallest absolute Gasteiger partial charge is 0.0777 e. The summed E-state index contributed by atoms with van der Waals surface area (Å²) >= 11 is 0. The Morgan fingerprint density at radius 3 is 2.27 bits per heavy atom. The van der Waals surface area contributed by atoms with Crippen LogP contribution in [0.5, 0.6) is 0 Å². The predicted octanol–water partition coefficient (Wildman–Crippen LogP) is 1.91. The van der Waals surface area contributed by atoms with Crippen molar-refractivity contribution in [2.75, 3.05) is 12.8 Å². The summed E-state index contributed by atoms with van der Waals surface area (Å²) in [6.45, 7) is 3.28. The van der Waals surface area contributed by atoms with Gasteiger partial charge in [0.25, 0.3) is 0 Å². The predicted molar refractivity (Wildman–Crippen MR) is 62.4 cm³/mol. The Bertz CT molecular complexity index is 426. The van der Waals surface area contributed by atoms with Crippen LogP contribution in [-0.4, -0.2) is 27.7 Å². The molecule has 3 nitrogen and oxygen atoms in total. The van der Waals surface area contributed by atoms with Gasteiger partial charge in [-0.05, 0) is 26.0 Å². The lowest BCUT2D eigenvalue weighted by atomic mass is 10.2. The van der Waals surface area contributed by atoms with Gasteiger partial charge in [-0.2, -0.15) is 0 Å². The number of nitrogens with zero attached hydrogens (tertiary/aromatic N) is 1. The summed E-state index contributed by atoms with van der Waals surface area (Å²) in [7, 11) is -0.960. The van der Waals surface area contributed by atoms with Gasteiger partial charge in [0, 0.05) is 11.9 Å². The molecular formula is C11H17NO2S. The van der Waals surface area contributed by atoms with Crippen molar-refractivity contribution >= 4 is 9.73 Å². The van der Waals surface area contributed by atoms with E-state index in [-0.39, 0.29) is 5.75 Å². The summed E-state index contributed by atoms with van der Waals surface area (Å²) in [5.74, 6) is 0.153. The van der Waals surface area contributed by atoms with Crippen molar-refractivity contribution < 1.29 is 9.32 Å². The van der Waals surface area contributed by atoms with Gasteiger partial charge in [0.05, 0.1) is 21.1 Å². The largest absolute Gasteiger partial charge is 0.389 e. The summed E-state index contributed by atoms with van der Waals surface area (Å²) in [5, 5.41) is 9.71. The lowest BCUT2D eigenvalue weighted by Gasteiger charge is -2.20. The van der Waals surface area contributed by atoms with E-state index < -0.39 is 15.3 Å². The maximum Gasteiger partial charge on any atom is 0.0777 e. The van der Waals surface area contributed by atoms with E-state index in [4.69, 9.17) is 0 Å². The van der Waals surface area contributed by atoms with Crippen molar-refractivity contribution in [3.8, 4) is 0 Å². The summed E-state index contributed by atoms with van der Waals surface area (Å²) in [6, 6.07) is 9.07. The third-order valence-electron chi connectivity index (χ3n) is 1.96. The highest BCUT2D eigenvalue weighted by Crippen LogP contribution is 2.18. The van der Waals surface area contributed by atoms with E-state index in [1.165, 1.54) is 7.05 Å². The second kappa shape index (κ2) is 4.33. The number of hydrogen-bond donors (Lipinski definition) is 1. The van der Waals surface area contributed by atoms with Gasteiger partial charge < -0.3 is 5.11 Å². The topological polar surface area (TPSA) is 49.7 Å². The molecule has 1 N–H and O–H groups in total. The Morgan fingerprint density at radius 1 is 1.33 bits per heavy atom. The highest BCUT2D eigenvalue weighted by atomic mass is 32.2. The first-order valence-corrected chi connectivity index (χ1v) is 6.46. The van der Waals surface area contributed by atoms with Crippen LogP contribution in [0.1, 0.15) is 13.8 Å². The molecule has 15 heavy (non-hydrogen) atoms. The van der Waals surface area contributed by atoms with E-state index in [0.29, 0.717) is 4.90 Å². The first-order valence-electron chi connectivity index (χ1n) is 4.78. The van der Waals surface area contributed by atoms with Gasteiger partial charge in [0.1, 0.15) is 0 Å². The van der Waals surface area contributed by atoms with Gasteiger partial charge in [-0.1, -0.05) is 18.2 Å². The second-order valence-electron chi connectivity index (χ2n) is 4.09. The van der Waals surface area contributed by atoms with Gasteiger partial charge in [-0.15, -0.1) is 0 Å². The molecule has 1 aromatic carbocycles. The van der Waals surface area contributed by atoms with Crippen LogP contribution in [0.3, 0.4) is 0 Å². The molecule has 0 saturated heterocycles. The summed E-state index contributed by atoms with van der Waals surface area (Å²) in [6.07, 6.45) is 0. The minimum Gasteiger partial charge on any atom is -0.389 e. The Hall–Kier alpha value is -0.870. The Labute approximate surface area is 91.3 Å². The number of benzene rings is 1. The molecule has 4 heteroatoms. The number of aliphatic hydroxyl groups is 1. The third-order valence-corrected chi connectivity index (χ3v) is 4.65. The summed E-state index contributed by atoms with van der Waals surface area (Å²) in [5.41, 5.74) is -0.980. The second-order valence-corrected chi connectivity index (χ2v) is 6.50. The number of rotatable bonds is 3. The number of hydrogen-bond acceptors (Lipinski definition) is 3. The van der Waals surface area contributed by atoms with Gasteiger partial charge in [-0.3, -0.25) is 0 Å². The molecule has 1 rings (SSSR count). The first-order chi connectivity index (χ1) is 6.87. The average Bonchev–Trinajstić information content (AvgIpc) is 2.16. The lowest BCUT2D eigenvalue weighted by molar-refractivity contribution is 0.105. The van der Waals surface area contributed by atoms with E-state index >= 15 is 0 Å². The SMILES string of the molecule is CN=[S@](=O)(CC(C)(C)O)c1ccccc1. The fourth-order valence-electron chi connectivity index (χ4n) is 1.37. The minimum atomic E-state index is -2.49. The summed E-state index contributed by atoms with van der Waals surface area (Å²) < 4.78 is 16.4. The van der Waals surface area contributed by atoms with Crippen LogP contribution in [0.2, 0.25) is 0 Å². The van der Waals surface area contributed by atoms with Crippen molar-refractivity contribution in [3.05, 3.63) is 30.3 Å². The van der Waals surface area contributed by atoms with Crippen molar-refractivity contribution in [2.45, 2.75) is 24.3 Å². The van der Waals surface area contributed by atoms with Gasteiger partial charge in [0.2, 0.25) is 0 Å². The molecule has 0 saturated carbocycles. The molecular weight excluding hydrogens is 210 g/mol. The average molecular weight is 227 g/mol. The molecule has 0 aromatic heterocycles. The zero-order valence-corrected chi connectivity index (χ0v) is 10.1. The van der Waals surface area contributed by atoms with Gasteiger partial charge in [0.15, 0.2) is 0 Å². The zero-order chi connectivity index (χ0) is 11.5. The molecule has 1 atom stereocenters. The fraction of sp³-hybridized carbons (Fsp3) is 0.455. The van der Waals surface area contributed by atoms with Crippen LogP contribution in [0, 0.1) is 0 Å². The van der Waals surface area contributed by atoms with E-state index in [1.54, 1.807) is 26.0 Å². The molecule has 0 fully saturated rings. The van der Waals surface area contributed by atoms with Crippen LogP contribution in [-0.2, 0) is 9.73 Å². The molecule has 0 bridgehead atoms. The van der Waals surface area contributed by atoms with Crippen molar-refractivity contribution in [1.82, 2.24) is 0 Å². The minimum absolute atomic E-state index is 0.153. The normalized spacial score (nSPS) is 15.7. The van der Waals surface area contributed by atoms with Gasteiger partial charge >= 0.3 is 0 Å². The Balaban J connectivity index is 3.15. The molecule has 0 spiro atoms. The molecule has 0 radical (unpaired) electrons. The molecule has 1 aromatic rings. The maximum absolute atomic E-state index is 12.4. The maximum atomic E-state index is 12.4. The lowest BCUT2D eigenvalue weighted by Crippen LogP contribution is -2.29. The van der Waals surface area contributed by atoms with Crippen LogP contribution >= 0.6 is 0 Å². The van der Waals surface area contributed by atoms with Crippen molar-refractivity contribution in [3.63, 3.8) is 0 Å². The van der Waals surface area contributed by atoms with Crippen molar-refractivity contribution in [1.29, 1.82) is 0 Å². The van der Waals surface area contributed by atoms with E-state index in [9.17, 15) is 9.32 Å². The summed E-state index contributed by atoms with van der Waals surface area (Å²) in [4.78, 5) is 0.676. The monoisotopic (exact) mass is 227 g/mol. The molecule has 0 aliphatic carbocycles. The standard InChI is InChI=1S/C11H17NO2S/c1-11(2,13)9-15(14,12-3)10-7-5-4-6-8-10/h4-8,13H,9H2,1-3H3/t15-/m0/s1. The molecule has 84 valence electrons. The van der Waals surface area contributed by atoms with E-state index in [2.05, 4.69) is 4.36 Å². The van der Waals surface area contributed by atoms with Crippen LogP contribution in [0.25, 0.3) is 0 Å². The van der Waals surface area contributed by atoms with Crippen LogP contribution in [0.4, 0.5) is 0 Å². The Morgan fingerprint density at radius 2 is 1.87 bits per heavy atom. The molecule has 0 unspecified atom stereocenters. The van der Waals surface area contributed by atoms with Crippen LogP contribution < -0.4 is 0 Å². The zero-order valence-electron chi connectivity index (χ0n) is 9.30. The third kappa shape index (κ3) is 3.32. The van der Waals surface area contributed by atoms with Crippen molar-refractivity contribution in [2.24, 2.45) is 4.36 Å². The van der Waals surface area contributed by atoms with Gasteiger partial charge in [-0.25, -0.2) is 8.57 Å². The van der Waals surface area contributed by atoms with E-state index in [0.717, 1.165) is 0 Å². The molecule has 0 amide bonds. The molecule has 0 heterocycles. The molecule has 0 aliphatic heterocycles. The first kappa shape index (κ1) is 12.2.